The van der Waals surface area contributed by atoms with Gasteiger partial charge in [-0.3, -0.25) is 0 Å². The van der Waals surface area contributed by atoms with Crippen molar-refractivity contribution >= 4 is 0 Å². The second kappa shape index (κ2) is 8.61. The van der Waals surface area contributed by atoms with Crippen LogP contribution < -0.4 is 0 Å². The summed E-state index contributed by atoms with van der Waals surface area (Å²) in [6, 6.07) is 2.34. The van der Waals surface area contributed by atoms with Gasteiger partial charge in [-0.25, -0.2) is 0 Å². The molecule has 9 atom stereocenters. The smallest absolute Gasteiger partial charge is 0.0624 e. The summed E-state index contributed by atoms with van der Waals surface area (Å²) in [4.78, 5) is 0. The molecule has 0 bridgehead atoms. The highest BCUT2D eigenvalue weighted by atomic mass is 16.3. The van der Waals surface area contributed by atoms with Crippen LogP contribution in [0, 0.1) is 57.7 Å². The van der Waals surface area contributed by atoms with Crippen molar-refractivity contribution in [1.82, 2.24) is 0 Å². The Kier molecular flexibility index (Phi) is 6.43. The summed E-state index contributed by atoms with van der Waals surface area (Å²) in [5, 5.41) is 19.2. The lowest BCUT2D eigenvalue weighted by Crippen LogP contribution is -2.49. The maximum Gasteiger partial charge on any atom is 0.0624 e. The predicted molar refractivity (Wildman–Crippen MR) is 124 cm³/mol. The van der Waals surface area contributed by atoms with Crippen LogP contribution in [-0.4, -0.2) is 11.2 Å². The van der Waals surface area contributed by atoms with Gasteiger partial charge in [-0.2, -0.15) is 5.26 Å². The predicted octanol–water partition coefficient (Wildman–Crippen LogP) is 7.28. The zero-order chi connectivity index (χ0) is 21.5. The van der Waals surface area contributed by atoms with Gasteiger partial charge < -0.3 is 5.11 Å². The minimum atomic E-state index is -0.0560. The van der Waals surface area contributed by atoms with Crippen molar-refractivity contribution < 1.29 is 5.11 Å². The molecule has 30 heavy (non-hydrogen) atoms. The Morgan fingerprint density at radius 1 is 1.07 bits per heavy atom. The van der Waals surface area contributed by atoms with E-state index >= 15 is 0 Å². The standard InChI is InChI=1S/C28H45NO/c1-19(14-17-29)6-5-7-20(2)24-10-11-25-23-9-8-21-18-22(30)12-15-27(21,3)26(23)13-16-28(24,25)4/h9,19-22,24-26,30H,5-8,10-16,18H2,1-4H3/t19?,20-,21+,22+,24-,25+,26+,27+,28-/m1/s1. The lowest BCUT2D eigenvalue weighted by atomic mass is 9.47. The van der Waals surface area contributed by atoms with E-state index in [4.69, 9.17) is 5.26 Å². The molecule has 0 heterocycles. The van der Waals surface area contributed by atoms with Crippen molar-refractivity contribution in [2.45, 2.75) is 111 Å². The number of hydrogen-bond donors (Lipinski definition) is 1. The fourth-order valence-corrected chi connectivity index (χ4v) is 8.71. The van der Waals surface area contributed by atoms with E-state index in [0.717, 1.165) is 36.5 Å². The average molecular weight is 412 g/mol. The van der Waals surface area contributed by atoms with E-state index < -0.39 is 0 Å². The van der Waals surface area contributed by atoms with Crippen LogP contribution in [0.2, 0.25) is 0 Å². The molecule has 0 aromatic carbocycles. The summed E-state index contributed by atoms with van der Waals surface area (Å²) in [7, 11) is 0. The molecule has 0 aromatic rings. The molecular weight excluding hydrogens is 366 g/mol. The second-order valence-corrected chi connectivity index (χ2v) is 12.3. The Balaban J connectivity index is 1.44. The molecule has 0 amide bonds. The molecule has 0 saturated heterocycles. The molecule has 1 unspecified atom stereocenters. The third-order valence-corrected chi connectivity index (χ3v) is 10.6. The van der Waals surface area contributed by atoms with E-state index in [1.165, 1.54) is 57.8 Å². The molecule has 1 N–H and O–H groups in total. The van der Waals surface area contributed by atoms with Gasteiger partial charge in [0.2, 0.25) is 0 Å². The van der Waals surface area contributed by atoms with E-state index in [2.05, 4.69) is 39.8 Å². The van der Waals surface area contributed by atoms with Crippen molar-refractivity contribution in [2.24, 2.45) is 46.3 Å². The number of aliphatic hydroxyl groups is 1. The van der Waals surface area contributed by atoms with Gasteiger partial charge in [0.1, 0.15) is 0 Å². The molecule has 0 aliphatic heterocycles. The first-order valence-electron chi connectivity index (χ1n) is 13.0. The molecule has 3 fully saturated rings. The molecule has 2 heteroatoms. The third-order valence-electron chi connectivity index (χ3n) is 10.6. The van der Waals surface area contributed by atoms with Crippen LogP contribution >= 0.6 is 0 Å². The van der Waals surface area contributed by atoms with Crippen LogP contribution in [-0.2, 0) is 0 Å². The van der Waals surface area contributed by atoms with Gasteiger partial charge in [-0.05, 0) is 104 Å². The van der Waals surface area contributed by atoms with Gasteiger partial charge in [-0.15, -0.1) is 0 Å². The molecule has 2 nitrogen and oxygen atoms in total. The number of fused-ring (bicyclic) bond motifs is 5. The van der Waals surface area contributed by atoms with Crippen molar-refractivity contribution in [1.29, 1.82) is 5.26 Å². The van der Waals surface area contributed by atoms with E-state index in [-0.39, 0.29) is 6.10 Å². The summed E-state index contributed by atoms with van der Waals surface area (Å²) in [6.45, 7) is 9.96. The van der Waals surface area contributed by atoms with Crippen molar-refractivity contribution in [3.05, 3.63) is 11.6 Å². The normalized spacial score (nSPS) is 44.8. The fourth-order valence-electron chi connectivity index (χ4n) is 8.71. The summed E-state index contributed by atoms with van der Waals surface area (Å²) in [6.07, 6.45) is 17.2. The van der Waals surface area contributed by atoms with E-state index in [1.807, 2.05) is 5.57 Å². The first kappa shape index (κ1) is 22.4. The van der Waals surface area contributed by atoms with Crippen molar-refractivity contribution in [2.75, 3.05) is 0 Å². The summed E-state index contributed by atoms with van der Waals surface area (Å²) in [5.41, 5.74) is 2.78. The Hall–Kier alpha value is -0.810. The summed E-state index contributed by atoms with van der Waals surface area (Å²) in [5.74, 6) is 4.52. The fraction of sp³-hybridized carbons (Fsp3) is 0.893. The Morgan fingerprint density at radius 3 is 2.57 bits per heavy atom. The quantitative estimate of drug-likeness (QED) is 0.467. The lowest BCUT2D eigenvalue weighted by molar-refractivity contribution is -0.0427. The van der Waals surface area contributed by atoms with Gasteiger partial charge in [-0.1, -0.05) is 52.2 Å². The maximum absolute atomic E-state index is 10.2. The third kappa shape index (κ3) is 3.79. The number of nitriles is 1. The van der Waals surface area contributed by atoms with Crippen LogP contribution in [0.3, 0.4) is 0 Å². The monoisotopic (exact) mass is 411 g/mol. The van der Waals surface area contributed by atoms with Gasteiger partial charge in [0.15, 0.2) is 0 Å². The zero-order valence-corrected chi connectivity index (χ0v) is 20.0. The SMILES string of the molecule is CC(CC#N)CCC[C@@H](C)[C@H]1CC[C@H]2C3=CC[C@H]4C[C@@H](O)CC[C@]4(C)[C@H]3CC[C@]12C. The maximum atomic E-state index is 10.2. The molecule has 0 spiro atoms. The van der Waals surface area contributed by atoms with Crippen molar-refractivity contribution in [3.63, 3.8) is 0 Å². The first-order valence-corrected chi connectivity index (χ1v) is 13.0. The summed E-state index contributed by atoms with van der Waals surface area (Å²) >= 11 is 0. The highest BCUT2D eigenvalue weighted by Crippen LogP contribution is 2.66. The molecule has 168 valence electrons. The van der Waals surface area contributed by atoms with Crippen molar-refractivity contribution in [3.8, 4) is 6.07 Å². The molecule has 4 aliphatic carbocycles. The van der Waals surface area contributed by atoms with Crippen LogP contribution in [0.15, 0.2) is 11.6 Å². The minimum absolute atomic E-state index is 0.0560. The highest BCUT2D eigenvalue weighted by Gasteiger charge is 2.58. The Bertz CT molecular complexity index is 691. The van der Waals surface area contributed by atoms with Gasteiger partial charge in [0.25, 0.3) is 0 Å². The van der Waals surface area contributed by atoms with Crippen LogP contribution in [0.4, 0.5) is 0 Å². The average Bonchev–Trinajstić information content (AvgIpc) is 3.06. The van der Waals surface area contributed by atoms with Crippen LogP contribution in [0.1, 0.15) is 105 Å². The highest BCUT2D eigenvalue weighted by molar-refractivity contribution is 5.27. The molecule has 4 rings (SSSR count). The molecule has 4 aliphatic rings. The van der Waals surface area contributed by atoms with Gasteiger partial charge >= 0.3 is 0 Å². The summed E-state index contributed by atoms with van der Waals surface area (Å²) < 4.78 is 0. The van der Waals surface area contributed by atoms with E-state index in [0.29, 0.717) is 29.1 Å². The number of nitrogens with zero attached hydrogens (tertiary/aromatic N) is 1. The Labute approximate surface area is 185 Å². The van der Waals surface area contributed by atoms with Gasteiger partial charge in [0.05, 0.1) is 12.2 Å². The minimum Gasteiger partial charge on any atom is -0.393 e. The number of aliphatic hydroxyl groups excluding tert-OH is 1. The lowest BCUT2D eigenvalue weighted by Gasteiger charge is -2.57. The largest absolute Gasteiger partial charge is 0.393 e. The topological polar surface area (TPSA) is 44.0 Å². The van der Waals surface area contributed by atoms with E-state index in [9.17, 15) is 5.11 Å². The molecule has 3 saturated carbocycles. The van der Waals surface area contributed by atoms with Crippen LogP contribution in [0.25, 0.3) is 0 Å². The number of allylic oxidation sites excluding steroid dienone is 2. The van der Waals surface area contributed by atoms with Gasteiger partial charge in [0, 0.05) is 6.42 Å². The zero-order valence-electron chi connectivity index (χ0n) is 20.0. The number of hydrogen-bond acceptors (Lipinski definition) is 2. The van der Waals surface area contributed by atoms with Crippen LogP contribution in [0.5, 0.6) is 0 Å². The second-order valence-electron chi connectivity index (χ2n) is 12.3. The number of rotatable bonds is 6. The molecule has 0 aromatic heterocycles. The van der Waals surface area contributed by atoms with E-state index in [1.54, 1.807) is 0 Å². The molecule has 0 radical (unpaired) electrons. The molecular formula is C28H45NO. The first-order chi connectivity index (χ1) is 14.3. The Morgan fingerprint density at radius 2 is 1.80 bits per heavy atom.